The Balaban J connectivity index is 2.34. The molecule has 1 fully saturated rings. The Morgan fingerprint density at radius 3 is 2.06 bits per heavy atom. The van der Waals surface area contributed by atoms with Gasteiger partial charge in [-0.3, -0.25) is 4.90 Å². The molecule has 1 aliphatic rings. The van der Waals surface area contributed by atoms with Gasteiger partial charge in [-0.2, -0.15) is 0 Å². The molecule has 0 saturated carbocycles. The van der Waals surface area contributed by atoms with Crippen LogP contribution in [0.4, 0.5) is 0 Å². The van der Waals surface area contributed by atoms with Crippen molar-refractivity contribution in [3.63, 3.8) is 0 Å². The zero-order chi connectivity index (χ0) is 12.0. The van der Waals surface area contributed by atoms with E-state index in [1.165, 1.54) is 32.4 Å². The smallest absolute Gasteiger partial charge is 0.0243 e. The molecule has 1 aliphatic heterocycles. The van der Waals surface area contributed by atoms with Crippen LogP contribution in [0.25, 0.3) is 0 Å². The molecule has 2 nitrogen and oxygen atoms in total. The van der Waals surface area contributed by atoms with Crippen molar-refractivity contribution in [2.24, 2.45) is 11.8 Å². The third kappa shape index (κ3) is 4.84. The van der Waals surface area contributed by atoms with Gasteiger partial charge < -0.3 is 5.32 Å². The molecule has 1 heterocycles. The fraction of sp³-hybridized carbons (Fsp3) is 1.00. The number of rotatable bonds is 6. The van der Waals surface area contributed by atoms with Crippen LogP contribution >= 0.6 is 0 Å². The number of likely N-dealkylation sites (tertiary alicyclic amines) is 1. The van der Waals surface area contributed by atoms with Gasteiger partial charge in [0.15, 0.2) is 0 Å². The minimum absolute atomic E-state index is 0.735. The minimum Gasteiger partial charge on any atom is -0.315 e. The summed E-state index contributed by atoms with van der Waals surface area (Å²) in [5.74, 6) is 1.52. The zero-order valence-corrected chi connectivity index (χ0v) is 11.6. The fourth-order valence-electron chi connectivity index (χ4n) is 2.56. The molecule has 1 rings (SSSR count). The van der Waals surface area contributed by atoms with Gasteiger partial charge in [0.25, 0.3) is 0 Å². The lowest BCUT2D eigenvalue weighted by molar-refractivity contribution is 0.125. The van der Waals surface area contributed by atoms with Gasteiger partial charge in [-0.25, -0.2) is 0 Å². The summed E-state index contributed by atoms with van der Waals surface area (Å²) in [6.45, 7) is 14.2. The largest absolute Gasteiger partial charge is 0.315 e. The van der Waals surface area contributed by atoms with Crippen molar-refractivity contribution in [2.45, 2.75) is 53.0 Å². The summed E-state index contributed by atoms with van der Waals surface area (Å²) in [6, 6.07) is 0.735. The lowest BCUT2D eigenvalue weighted by Gasteiger charge is -2.37. The first-order chi connectivity index (χ1) is 7.61. The highest BCUT2D eigenvalue weighted by molar-refractivity contribution is 4.79. The van der Waals surface area contributed by atoms with E-state index in [9.17, 15) is 0 Å². The van der Waals surface area contributed by atoms with Crippen LogP contribution in [0.5, 0.6) is 0 Å². The van der Waals surface area contributed by atoms with Gasteiger partial charge in [-0.05, 0) is 44.3 Å². The first-order valence-electron chi connectivity index (χ1n) is 7.06. The zero-order valence-electron chi connectivity index (χ0n) is 11.6. The van der Waals surface area contributed by atoms with Crippen molar-refractivity contribution < 1.29 is 0 Å². The van der Waals surface area contributed by atoms with Crippen LogP contribution in [-0.2, 0) is 0 Å². The summed E-state index contributed by atoms with van der Waals surface area (Å²) in [5.41, 5.74) is 0. The molecular formula is C14H30N2. The predicted molar refractivity (Wildman–Crippen MR) is 71.8 cm³/mol. The molecule has 0 aliphatic carbocycles. The first kappa shape index (κ1) is 14.0. The third-order valence-electron chi connectivity index (χ3n) is 3.54. The van der Waals surface area contributed by atoms with Gasteiger partial charge in [0.1, 0.15) is 0 Å². The summed E-state index contributed by atoms with van der Waals surface area (Å²) >= 11 is 0. The Labute approximate surface area is 102 Å². The first-order valence-corrected chi connectivity index (χ1v) is 7.06. The number of hydrogen-bond donors (Lipinski definition) is 1. The quantitative estimate of drug-likeness (QED) is 0.749. The van der Waals surface area contributed by atoms with E-state index in [2.05, 4.69) is 37.9 Å². The Hall–Kier alpha value is -0.0800. The van der Waals surface area contributed by atoms with Crippen LogP contribution in [0.15, 0.2) is 0 Å². The fourth-order valence-corrected chi connectivity index (χ4v) is 2.56. The van der Waals surface area contributed by atoms with Crippen molar-refractivity contribution >= 4 is 0 Å². The highest BCUT2D eigenvalue weighted by atomic mass is 15.2. The van der Waals surface area contributed by atoms with E-state index < -0.39 is 0 Å². The molecule has 2 heteroatoms. The van der Waals surface area contributed by atoms with Crippen molar-refractivity contribution in [1.29, 1.82) is 0 Å². The molecule has 0 aromatic rings. The summed E-state index contributed by atoms with van der Waals surface area (Å²) in [7, 11) is 0. The van der Waals surface area contributed by atoms with Crippen LogP contribution in [0, 0.1) is 11.8 Å². The second-order valence-corrected chi connectivity index (χ2v) is 5.96. The molecule has 0 spiro atoms. The van der Waals surface area contributed by atoms with E-state index in [1.807, 2.05) is 0 Å². The Morgan fingerprint density at radius 1 is 0.938 bits per heavy atom. The highest BCUT2D eigenvalue weighted by Crippen LogP contribution is 2.17. The van der Waals surface area contributed by atoms with Crippen LogP contribution in [0.3, 0.4) is 0 Å². The molecule has 96 valence electrons. The number of piperidine rings is 1. The molecule has 0 aromatic carbocycles. The summed E-state index contributed by atoms with van der Waals surface area (Å²) in [5, 5.41) is 3.62. The van der Waals surface area contributed by atoms with Gasteiger partial charge in [-0.1, -0.05) is 34.1 Å². The van der Waals surface area contributed by atoms with Crippen molar-refractivity contribution in [3.05, 3.63) is 0 Å². The molecule has 16 heavy (non-hydrogen) atoms. The SMILES string of the molecule is CC(C)CNCC(C(C)C)N1CCCCC1. The molecule has 0 aromatic heterocycles. The second-order valence-electron chi connectivity index (χ2n) is 5.96. The molecular weight excluding hydrogens is 196 g/mol. The monoisotopic (exact) mass is 226 g/mol. The van der Waals surface area contributed by atoms with Crippen molar-refractivity contribution in [3.8, 4) is 0 Å². The van der Waals surface area contributed by atoms with E-state index in [-0.39, 0.29) is 0 Å². The highest BCUT2D eigenvalue weighted by Gasteiger charge is 2.22. The molecule has 1 saturated heterocycles. The van der Waals surface area contributed by atoms with Crippen LogP contribution in [-0.4, -0.2) is 37.1 Å². The van der Waals surface area contributed by atoms with Crippen molar-refractivity contribution in [2.75, 3.05) is 26.2 Å². The lowest BCUT2D eigenvalue weighted by atomic mass is 9.99. The van der Waals surface area contributed by atoms with Crippen LogP contribution in [0.2, 0.25) is 0 Å². The van der Waals surface area contributed by atoms with Gasteiger partial charge in [0, 0.05) is 12.6 Å². The summed E-state index contributed by atoms with van der Waals surface area (Å²) in [6.07, 6.45) is 4.22. The maximum absolute atomic E-state index is 3.62. The van der Waals surface area contributed by atoms with Gasteiger partial charge in [0.2, 0.25) is 0 Å². The maximum Gasteiger partial charge on any atom is 0.0243 e. The molecule has 1 N–H and O–H groups in total. The van der Waals surface area contributed by atoms with Crippen LogP contribution in [0.1, 0.15) is 47.0 Å². The van der Waals surface area contributed by atoms with Gasteiger partial charge in [0.05, 0.1) is 0 Å². The van der Waals surface area contributed by atoms with Gasteiger partial charge in [-0.15, -0.1) is 0 Å². The Morgan fingerprint density at radius 2 is 1.56 bits per heavy atom. The Kier molecular flexibility index (Phi) is 6.37. The number of nitrogens with one attached hydrogen (secondary N) is 1. The number of hydrogen-bond acceptors (Lipinski definition) is 2. The average Bonchev–Trinajstić information content (AvgIpc) is 2.25. The Bertz CT molecular complexity index is 172. The lowest BCUT2D eigenvalue weighted by Crippen LogP contribution is -2.48. The van der Waals surface area contributed by atoms with E-state index in [1.54, 1.807) is 0 Å². The standard InChI is InChI=1S/C14H30N2/c1-12(2)10-15-11-14(13(3)4)16-8-6-5-7-9-16/h12-15H,5-11H2,1-4H3. The predicted octanol–water partition coefficient (Wildman–Crippen LogP) is 2.74. The molecule has 0 radical (unpaired) electrons. The van der Waals surface area contributed by atoms with Crippen LogP contribution < -0.4 is 5.32 Å². The van der Waals surface area contributed by atoms with Gasteiger partial charge >= 0.3 is 0 Å². The molecule has 1 atom stereocenters. The van der Waals surface area contributed by atoms with E-state index in [4.69, 9.17) is 0 Å². The summed E-state index contributed by atoms with van der Waals surface area (Å²) < 4.78 is 0. The normalized spacial score (nSPS) is 20.6. The second kappa shape index (κ2) is 7.29. The van der Waals surface area contributed by atoms with E-state index in [0.29, 0.717) is 0 Å². The average molecular weight is 226 g/mol. The topological polar surface area (TPSA) is 15.3 Å². The van der Waals surface area contributed by atoms with Crippen molar-refractivity contribution in [1.82, 2.24) is 10.2 Å². The molecule has 0 bridgehead atoms. The number of nitrogens with zero attached hydrogens (tertiary/aromatic N) is 1. The van der Waals surface area contributed by atoms with E-state index in [0.717, 1.165) is 31.0 Å². The third-order valence-corrected chi connectivity index (χ3v) is 3.54. The summed E-state index contributed by atoms with van der Waals surface area (Å²) in [4.78, 5) is 2.70. The van der Waals surface area contributed by atoms with E-state index >= 15 is 0 Å². The maximum atomic E-state index is 3.62. The molecule has 0 amide bonds. The minimum atomic E-state index is 0.735. The molecule has 1 unspecified atom stereocenters.